The van der Waals surface area contributed by atoms with E-state index in [2.05, 4.69) is 15.6 Å². The van der Waals surface area contributed by atoms with E-state index in [1.165, 1.54) is 0 Å². The van der Waals surface area contributed by atoms with Gasteiger partial charge in [0.1, 0.15) is 17.5 Å². The third kappa shape index (κ3) is 3.12. The second-order valence-corrected chi connectivity index (χ2v) is 6.03. The van der Waals surface area contributed by atoms with E-state index in [0.717, 1.165) is 38.2 Å². The van der Waals surface area contributed by atoms with Crippen molar-refractivity contribution in [2.75, 3.05) is 19.6 Å². The Hall–Kier alpha value is -2.22. The van der Waals surface area contributed by atoms with Gasteiger partial charge in [0, 0.05) is 12.6 Å². The molecule has 2 saturated heterocycles. The van der Waals surface area contributed by atoms with Gasteiger partial charge in [-0.25, -0.2) is 4.39 Å². The number of rotatable bonds is 3. The first-order chi connectivity index (χ1) is 11.0. The molecule has 2 aliphatic heterocycles. The van der Waals surface area contributed by atoms with Crippen molar-refractivity contribution in [2.24, 2.45) is 5.41 Å². The summed E-state index contributed by atoms with van der Waals surface area (Å²) in [6.07, 6.45) is 2.46. The molecule has 1 atom stereocenters. The lowest BCUT2D eigenvalue weighted by molar-refractivity contribution is -0.149. The number of halogens is 1. The normalized spacial score (nSPS) is 22.8. The molecule has 1 spiro atoms. The Morgan fingerprint density at radius 3 is 2.87 bits per heavy atom. The molecule has 0 aromatic carbocycles. The summed E-state index contributed by atoms with van der Waals surface area (Å²) < 4.78 is 18.5. The van der Waals surface area contributed by atoms with E-state index in [0.29, 0.717) is 6.42 Å². The predicted octanol–water partition coefficient (Wildman–Crippen LogP) is -0.0709. The number of H-pyrrole nitrogens is 1. The highest BCUT2D eigenvalue weighted by Crippen LogP contribution is 2.41. The Bertz CT molecular complexity index is 682. The Morgan fingerprint density at radius 1 is 1.39 bits per heavy atom. The minimum absolute atomic E-state index is 0.107. The number of carbonyl (C=O) groups excluding carboxylic acids is 2. The van der Waals surface area contributed by atoms with Crippen molar-refractivity contribution in [3.8, 4) is 0 Å². The monoisotopic (exact) mass is 323 g/mol. The molecule has 23 heavy (non-hydrogen) atoms. The van der Waals surface area contributed by atoms with Crippen LogP contribution in [0.2, 0.25) is 0 Å². The molecule has 0 aliphatic carbocycles. The Labute approximate surface area is 131 Å². The van der Waals surface area contributed by atoms with Crippen LogP contribution in [0.25, 0.3) is 0 Å². The maximum atomic E-state index is 13.1. The number of amides is 1. The average Bonchev–Trinajstić information content (AvgIpc) is 2.84. The molecule has 0 bridgehead atoms. The average molecular weight is 323 g/mol. The molecule has 2 fully saturated rings. The van der Waals surface area contributed by atoms with Crippen molar-refractivity contribution in [2.45, 2.75) is 25.4 Å². The van der Waals surface area contributed by atoms with Gasteiger partial charge in [0.05, 0.1) is 12.0 Å². The third-order valence-electron chi connectivity index (χ3n) is 4.49. The van der Waals surface area contributed by atoms with Gasteiger partial charge in [-0.1, -0.05) is 0 Å². The second kappa shape index (κ2) is 6.11. The number of aromatic amines is 1. The molecule has 3 N–H and O–H groups in total. The fourth-order valence-electron chi connectivity index (χ4n) is 3.19. The third-order valence-corrected chi connectivity index (χ3v) is 4.49. The first-order valence-corrected chi connectivity index (χ1v) is 7.58. The van der Waals surface area contributed by atoms with Crippen molar-refractivity contribution >= 4 is 11.9 Å². The van der Waals surface area contributed by atoms with Crippen molar-refractivity contribution in [1.29, 1.82) is 0 Å². The number of esters is 1. The number of aromatic nitrogens is 1. The van der Waals surface area contributed by atoms with Crippen molar-refractivity contribution < 1.29 is 18.7 Å². The van der Waals surface area contributed by atoms with Gasteiger partial charge in [0.15, 0.2) is 0 Å². The molecule has 3 rings (SSSR count). The number of pyridine rings is 1. The minimum Gasteiger partial charge on any atom is -0.460 e. The zero-order chi connectivity index (χ0) is 16.4. The van der Waals surface area contributed by atoms with E-state index in [1.807, 2.05) is 0 Å². The fourth-order valence-corrected chi connectivity index (χ4v) is 3.19. The Kier molecular flexibility index (Phi) is 4.16. The predicted molar refractivity (Wildman–Crippen MR) is 78.4 cm³/mol. The zero-order valence-electron chi connectivity index (χ0n) is 12.5. The smallest absolute Gasteiger partial charge is 0.312 e. The molecule has 0 saturated carbocycles. The van der Waals surface area contributed by atoms with Crippen LogP contribution in [0.3, 0.4) is 0 Å². The molecule has 1 aromatic rings. The maximum absolute atomic E-state index is 13.1. The summed E-state index contributed by atoms with van der Waals surface area (Å²) in [5.74, 6) is -1.61. The SMILES string of the molecule is O=C(NCC1CC2(CCNCC2)C(=O)O1)c1cc(F)c[nH]c1=O. The molecule has 2 aliphatic rings. The standard InChI is InChI=1S/C15H18FN3O4/c16-9-5-11(12(20)18-7-9)13(21)19-8-10-6-15(14(22)23-10)1-3-17-4-2-15/h5,7,10,17H,1-4,6,8H2,(H,18,20)(H,19,21). The number of hydrogen-bond acceptors (Lipinski definition) is 5. The molecule has 7 nitrogen and oxygen atoms in total. The van der Waals surface area contributed by atoms with Crippen LogP contribution < -0.4 is 16.2 Å². The van der Waals surface area contributed by atoms with E-state index in [1.54, 1.807) is 0 Å². The first kappa shape index (κ1) is 15.7. The second-order valence-electron chi connectivity index (χ2n) is 6.03. The molecule has 0 radical (unpaired) electrons. The van der Waals surface area contributed by atoms with Crippen molar-refractivity contribution in [3.63, 3.8) is 0 Å². The fraction of sp³-hybridized carbons (Fsp3) is 0.533. The van der Waals surface area contributed by atoms with Gasteiger partial charge >= 0.3 is 5.97 Å². The lowest BCUT2D eigenvalue weighted by atomic mass is 9.76. The highest BCUT2D eigenvalue weighted by molar-refractivity contribution is 5.93. The first-order valence-electron chi connectivity index (χ1n) is 7.58. The van der Waals surface area contributed by atoms with Gasteiger partial charge in [-0.05, 0) is 32.0 Å². The summed E-state index contributed by atoms with van der Waals surface area (Å²) in [6, 6.07) is 0.878. The molecule has 1 unspecified atom stereocenters. The van der Waals surface area contributed by atoms with Crippen LogP contribution in [0.1, 0.15) is 29.6 Å². The number of carbonyl (C=O) groups is 2. The number of piperidine rings is 1. The number of ether oxygens (including phenoxy) is 1. The van der Waals surface area contributed by atoms with E-state index in [-0.39, 0.29) is 18.1 Å². The molecular weight excluding hydrogens is 305 g/mol. The lowest BCUT2D eigenvalue weighted by Gasteiger charge is -2.29. The van der Waals surface area contributed by atoms with Crippen LogP contribution in [0, 0.1) is 11.2 Å². The number of hydrogen-bond donors (Lipinski definition) is 3. The summed E-state index contributed by atoms with van der Waals surface area (Å²) in [5.41, 5.74) is -1.43. The molecule has 3 heterocycles. The van der Waals surface area contributed by atoms with Crippen LogP contribution in [-0.4, -0.2) is 42.6 Å². The quantitative estimate of drug-likeness (QED) is 0.676. The molecule has 1 amide bonds. The van der Waals surface area contributed by atoms with E-state index in [9.17, 15) is 18.8 Å². The highest BCUT2D eigenvalue weighted by atomic mass is 19.1. The summed E-state index contributed by atoms with van der Waals surface area (Å²) in [4.78, 5) is 37.8. The van der Waals surface area contributed by atoms with Gasteiger partial charge in [-0.15, -0.1) is 0 Å². The van der Waals surface area contributed by atoms with Gasteiger partial charge in [-0.2, -0.15) is 0 Å². The summed E-state index contributed by atoms with van der Waals surface area (Å²) in [7, 11) is 0. The van der Waals surface area contributed by atoms with Gasteiger partial charge in [-0.3, -0.25) is 14.4 Å². The molecular formula is C15H18FN3O4. The maximum Gasteiger partial charge on any atom is 0.312 e. The van der Waals surface area contributed by atoms with Gasteiger partial charge < -0.3 is 20.4 Å². The van der Waals surface area contributed by atoms with Crippen LogP contribution >= 0.6 is 0 Å². The number of nitrogens with one attached hydrogen (secondary N) is 3. The van der Waals surface area contributed by atoms with Crippen LogP contribution in [0.4, 0.5) is 4.39 Å². The Balaban J connectivity index is 1.61. The largest absolute Gasteiger partial charge is 0.460 e. The van der Waals surface area contributed by atoms with Gasteiger partial charge in [0.25, 0.3) is 11.5 Å². The highest BCUT2D eigenvalue weighted by Gasteiger charge is 2.49. The number of cyclic esters (lactones) is 1. The van der Waals surface area contributed by atoms with Crippen LogP contribution in [0.15, 0.2) is 17.1 Å². The summed E-state index contributed by atoms with van der Waals surface area (Å²) >= 11 is 0. The van der Waals surface area contributed by atoms with Crippen LogP contribution in [0.5, 0.6) is 0 Å². The zero-order valence-corrected chi connectivity index (χ0v) is 12.5. The Morgan fingerprint density at radius 2 is 2.13 bits per heavy atom. The lowest BCUT2D eigenvalue weighted by Crippen LogP contribution is -2.40. The molecule has 8 heteroatoms. The van der Waals surface area contributed by atoms with E-state index < -0.39 is 28.8 Å². The van der Waals surface area contributed by atoms with Crippen molar-refractivity contribution in [1.82, 2.24) is 15.6 Å². The molecule has 124 valence electrons. The minimum atomic E-state index is -0.698. The van der Waals surface area contributed by atoms with E-state index >= 15 is 0 Å². The van der Waals surface area contributed by atoms with Crippen molar-refractivity contribution in [3.05, 3.63) is 34.0 Å². The van der Waals surface area contributed by atoms with E-state index in [4.69, 9.17) is 4.74 Å². The summed E-state index contributed by atoms with van der Waals surface area (Å²) in [5, 5.41) is 5.74. The van der Waals surface area contributed by atoms with Gasteiger partial charge in [0.2, 0.25) is 0 Å². The van der Waals surface area contributed by atoms with Crippen LogP contribution in [-0.2, 0) is 9.53 Å². The molecule has 1 aromatic heterocycles. The topological polar surface area (TPSA) is 100 Å². The summed E-state index contributed by atoms with van der Waals surface area (Å²) in [6.45, 7) is 1.65.